The van der Waals surface area contributed by atoms with E-state index in [1.807, 2.05) is 7.05 Å². The second-order valence-corrected chi connectivity index (χ2v) is 7.36. The molecule has 0 spiro atoms. The molecule has 3 unspecified atom stereocenters. The van der Waals surface area contributed by atoms with E-state index < -0.39 is 0 Å². The van der Waals surface area contributed by atoms with E-state index in [0.29, 0.717) is 5.92 Å². The molecular formula is C17H34N4O. The van der Waals surface area contributed by atoms with Crippen molar-refractivity contribution >= 4 is 5.96 Å². The maximum absolute atomic E-state index is 5.43. The average molecular weight is 310 g/mol. The Balaban J connectivity index is 1.84. The minimum absolute atomic E-state index is 0.256. The van der Waals surface area contributed by atoms with Gasteiger partial charge in [0.15, 0.2) is 5.96 Å². The van der Waals surface area contributed by atoms with Crippen molar-refractivity contribution in [2.75, 3.05) is 47.4 Å². The van der Waals surface area contributed by atoms with E-state index in [9.17, 15) is 0 Å². The van der Waals surface area contributed by atoms with Crippen LogP contribution in [0.3, 0.4) is 0 Å². The Bertz CT molecular complexity index is 366. The number of guanidine groups is 1. The zero-order chi connectivity index (χ0) is 16.0. The second-order valence-electron chi connectivity index (χ2n) is 7.36. The van der Waals surface area contributed by atoms with E-state index in [4.69, 9.17) is 4.74 Å². The van der Waals surface area contributed by atoms with E-state index in [2.05, 4.69) is 41.5 Å². The molecule has 0 aromatic heterocycles. The zero-order valence-electron chi connectivity index (χ0n) is 14.8. The highest BCUT2D eigenvalue weighted by molar-refractivity contribution is 5.79. The summed E-state index contributed by atoms with van der Waals surface area (Å²) in [5, 5.41) is 7.02. The van der Waals surface area contributed by atoms with Crippen molar-refractivity contribution in [1.82, 2.24) is 15.5 Å². The SMILES string of the molecule is CN=C(NCC1CCOC1)NCC1(N(C)C)CCCC(C)C1. The first kappa shape index (κ1) is 17.5. The van der Waals surface area contributed by atoms with Gasteiger partial charge in [-0.2, -0.15) is 0 Å². The summed E-state index contributed by atoms with van der Waals surface area (Å²) in [6, 6.07) is 0. The molecular weight excluding hydrogens is 276 g/mol. The molecule has 0 bridgehead atoms. The third kappa shape index (κ3) is 4.59. The van der Waals surface area contributed by atoms with Gasteiger partial charge in [0.25, 0.3) is 0 Å². The van der Waals surface area contributed by atoms with Gasteiger partial charge in [-0.05, 0) is 39.3 Å². The third-order valence-electron chi connectivity index (χ3n) is 5.41. The molecule has 0 aromatic carbocycles. The van der Waals surface area contributed by atoms with Crippen LogP contribution in [0.4, 0.5) is 0 Å². The van der Waals surface area contributed by atoms with Crippen molar-refractivity contribution in [2.45, 2.75) is 44.6 Å². The van der Waals surface area contributed by atoms with E-state index >= 15 is 0 Å². The summed E-state index contributed by atoms with van der Waals surface area (Å²) in [5.41, 5.74) is 0.256. The molecule has 1 saturated heterocycles. The van der Waals surface area contributed by atoms with Crippen LogP contribution in [0.1, 0.15) is 39.0 Å². The quantitative estimate of drug-likeness (QED) is 0.599. The van der Waals surface area contributed by atoms with Gasteiger partial charge in [0.1, 0.15) is 0 Å². The highest BCUT2D eigenvalue weighted by Gasteiger charge is 2.36. The van der Waals surface area contributed by atoms with Gasteiger partial charge in [-0.3, -0.25) is 4.99 Å². The minimum Gasteiger partial charge on any atom is -0.381 e. The Labute approximate surface area is 135 Å². The Hall–Kier alpha value is -0.810. The van der Waals surface area contributed by atoms with Crippen LogP contribution >= 0.6 is 0 Å². The monoisotopic (exact) mass is 310 g/mol. The maximum atomic E-state index is 5.43. The molecule has 5 nitrogen and oxygen atoms in total. The third-order valence-corrected chi connectivity index (χ3v) is 5.41. The molecule has 1 heterocycles. The lowest BCUT2D eigenvalue weighted by molar-refractivity contribution is 0.0795. The zero-order valence-corrected chi connectivity index (χ0v) is 14.8. The van der Waals surface area contributed by atoms with Gasteiger partial charge in [0.05, 0.1) is 6.61 Å². The highest BCUT2D eigenvalue weighted by atomic mass is 16.5. The van der Waals surface area contributed by atoms with Gasteiger partial charge in [-0.1, -0.05) is 19.8 Å². The van der Waals surface area contributed by atoms with Crippen molar-refractivity contribution in [2.24, 2.45) is 16.8 Å². The van der Waals surface area contributed by atoms with Crippen LogP contribution in [0.15, 0.2) is 4.99 Å². The Morgan fingerprint density at radius 1 is 1.32 bits per heavy atom. The lowest BCUT2D eigenvalue weighted by Gasteiger charge is -2.45. The van der Waals surface area contributed by atoms with E-state index in [-0.39, 0.29) is 5.54 Å². The second kappa shape index (κ2) is 8.16. The number of nitrogens with zero attached hydrogens (tertiary/aromatic N) is 2. The van der Waals surface area contributed by atoms with Crippen LogP contribution < -0.4 is 10.6 Å². The van der Waals surface area contributed by atoms with Gasteiger partial charge in [0.2, 0.25) is 0 Å². The van der Waals surface area contributed by atoms with E-state index in [1.165, 1.54) is 25.7 Å². The molecule has 2 aliphatic rings. The number of aliphatic imine (C=N–C) groups is 1. The molecule has 1 aliphatic heterocycles. The molecule has 0 amide bonds. The Morgan fingerprint density at radius 2 is 2.14 bits per heavy atom. The fourth-order valence-electron chi connectivity index (χ4n) is 3.81. The molecule has 2 rings (SSSR count). The summed E-state index contributed by atoms with van der Waals surface area (Å²) < 4.78 is 5.43. The topological polar surface area (TPSA) is 48.9 Å². The number of likely N-dealkylation sites (N-methyl/N-ethyl adjacent to an activating group) is 1. The maximum Gasteiger partial charge on any atom is 0.191 e. The molecule has 22 heavy (non-hydrogen) atoms. The van der Waals surface area contributed by atoms with Crippen LogP contribution in [-0.2, 0) is 4.74 Å². The van der Waals surface area contributed by atoms with Gasteiger partial charge >= 0.3 is 0 Å². The van der Waals surface area contributed by atoms with Crippen LogP contribution in [-0.4, -0.2) is 63.8 Å². The van der Waals surface area contributed by atoms with Crippen LogP contribution in [0.2, 0.25) is 0 Å². The van der Waals surface area contributed by atoms with Crippen molar-refractivity contribution in [1.29, 1.82) is 0 Å². The van der Waals surface area contributed by atoms with Crippen molar-refractivity contribution in [3.8, 4) is 0 Å². The number of hydrogen-bond acceptors (Lipinski definition) is 3. The molecule has 3 atom stereocenters. The molecule has 2 N–H and O–H groups in total. The van der Waals surface area contributed by atoms with Crippen molar-refractivity contribution < 1.29 is 4.74 Å². The number of ether oxygens (including phenoxy) is 1. The van der Waals surface area contributed by atoms with Crippen molar-refractivity contribution in [3.05, 3.63) is 0 Å². The number of rotatable bonds is 5. The predicted octanol–water partition coefficient (Wildman–Crippen LogP) is 1.70. The molecule has 5 heteroatoms. The fraction of sp³-hybridized carbons (Fsp3) is 0.941. The first-order valence-electron chi connectivity index (χ1n) is 8.75. The fourth-order valence-corrected chi connectivity index (χ4v) is 3.81. The van der Waals surface area contributed by atoms with Gasteiger partial charge in [-0.25, -0.2) is 0 Å². The predicted molar refractivity (Wildman–Crippen MR) is 92.3 cm³/mol. The first-order valence-corrected chi connectivity index (χ1v) is 8.75. The summed E-state index contributed by atoms with van der Waals surface area (Å²) in [6.07, 6.45) is 6.38. The summed E-state index contributed by atoms with van der Waals surface area (Å²) in [5.74, 6) is 2.35. The van der Waals surface area contributed by atoms with E-state index in [1.54, 1.807) is 0 Å². The van der Waals surface area contributed by atoms with Crippen LogP contribution in [0.25, 0.3) is 0 Å². The largest absolute Gasteiger partial charge is 0.381 e. The summed E-state index contributed by atoms with van der Waals surface area (Å²) in [7, 11) is 6.28. The van der Waals surface area contributed by atoms with Crippen LogP contribution in [0.5, 0.6) is 0 Å². The lowest BCUT2D eigenvalue weighted by Crippen LogP contribution is -2.56. The number of nitrogens with one attached hydrogen (secondary N) is 2. The Kier molecular flexibility index (Phi) is 6.50. The molecule has 1 aliphatic carbocycles. The van der Waals surface area contributed by atoms with Gasteiger partial charge < -0.3 is 20.3 Å². The standard InChI is InChI=1S/C17H34N4O/c1-14-6-5-8-17(10-14,21(3)4)13-20-16(18-2)19-11-15-7-9-22-12-15/h14-15H,5-13H2,1-4H3,(H2,18,19,20). The van der Waals surface area contributed by atoms with E-state index in [0.717, 1.165) is 44.6 Å². The van der Waals surface area contributed by atoms with Crippen molar-refractivity contribution in [3.63, 3.8) is 0 Å². The summed E-state index contributed by atoms with van der Waals surface area (Å²) >= 11 is 0. The summed E-state index contributed by atoms with van der Waals surface area (Å²) in [4.78, 5) is 6.79. The average Bonchev–Trinajstić information content (AvgIpc) is 3.00. The molecule has 0 aromatic rings. The lowest BCUT2D eigenvalue weighted by atomic mass is 9.75. The van der Waals surface area contributed by atoms with Crippen LogP contribution in [0, 0.1) is 11.8 Å². The minimum atomic E-state index is 0.256. The molecule has 0 radical (unpaired) electrons. The smallest absolute Gasteiger partial charge is 0.191 e. The normalized spacial score (nSPS) is 33.2. The first-order chi connectivity index (χ1) is 10.6. The molecule has 1 saturated carbocycles. The van der Waals surface area contributed by atoms with Gasteiger partial charge in [0, 0.05) is 38.2 Å². The number of hydrogen-bond donors (Lipinski definition) is 2. The molecule has 2 fully saturated rings. The van der Waals surface area contributed by atoms with Gasteiger partial charge in [-0.15, -0.1) is 0 Å². The summed E-state index contributed by atoms with van der Waals surface area (Å²) in [6.45, 7) is 6.07. The Morgan fingerprint density at radius 3 is 2.73 bits per heavy atom. The molecule has 128 valence electrons. The highest BCUT2D eigenvalue weighted by Crippen LogP contribution is 2.35.